The highest BCUT2D eigenvalue weighted by Gasteiger charge is 2.44. The summed E-state index contributed by atoms with van der Waals surface area (Å²) in [4.78, 5) is 33.8. The molecule has 5 heterocycles. The molecular formula is C52H60N4O4. The molecule has 0 radical (unpaired) electrons. The predicted molar refractivity (Wildman–Crippen MR) is 238 cm³/mol. The Morgan fingerprint density at radius 2 is 1.68 bits per heavy atom. The molecule has 5 atom stereocenters. The quantitative estimate of drug-likeness (QED) is 0.170. The lowest BCUT2D eigenvalue weighted by atomic mass is 9.69. The molecule has 1 N–H and O–H groups in total. The maximum atomic E-state index is 13.5. The fraction of sp³-hybridized carbons (Fsp3) is 0.462. The van der Waals surface area contributed by atoms with Crippen molar-refractivity contribution in [2.24, 2.45) is 11.8 Å². The number of aryl methyl sites for hydroxylation is 2. The minimum atomic E-state index is -0.307. The van der Waals surface area contributed by atoms with E-state index >= 15 is 0 Å². The van der Waals surface area contributed by atoms with Crippen molar-refractivity contribution >= 4 is 23.1 Å². The van der Waals surface area contributed by atoms with Crippen LogP contribution in [0.1, 0.15) is 102 Å². The van der Waals surface area contributed by atoms with E-state index < -0.39 is 0 Å². The van der Waals surface area contributed by atoms with Crippen molar-refractivity contribution in [3.8, 4) is 5.75 Å². The highest BCUT2D eigenvalue weighted by atomic mass is 16.5. The smallest absolute Gasteiger partial charge is 0.227 e. The summed E-state index contributed by atoms with van der Waals surface area (Å²) in [5.41, 5.74) is 10.7. The van der Waals surface area contributed by atoms with Gasteiger partial charge in [-0.2, -0.15) is 0 Å². The van der Waals surface area contributed by atoms with Crippen molar-refractivity contribution in [3.05, 3.63) is 137 Å². The third-order valence-corrected chi connectivity index (χ3v) is 14.9. The number of ether oxygens (including phenoxy) is 2. The van der Waals surface area contributed by atoms with Gasteiger partial charge in [0, 0.05) is 74.5 Å². The van der Waals surface area contributed by atoms with Crippen LogP contribution in [0.5, 0.6) is 5.75 Å². The van der Waals surface area contributed by atoms with Gasteiger partial charge in [0.05, 0.1) is 23.9 Å². The van der Waals surface area contributed by atoms with E-state index in [9.17, 15) is 9.59 Å². The first-order valence-corrected chi connectivity index (χ1v) is 22.8. The van der Waals surface area contributed by atoms with Gasteiger partial charge in [-0.05, 0) is 115 Å². The molecule has 312 valence electrons. The van der Waals surface area contributed by atoms with Gasteiger partial charge >= 0.3 is 0 Å². The second-order valence-corrected chi connectivity index (χ2v) is 18.6. The number of carbonyl (C=O) groups excluding carboxylic acids is 2. The zero-order valence-electron chi connectivity index (χ0n) is 35.2. The summed E-state index contributed by atoms with van der Waals surface area (Å²) in [6.45, 7) is 13.5. The van der Waals surface area contributed by atoms with Crippen molar-refractivity contribution in [3.63, 3.8) is 0 Å². The molecule has 8 nitrogen and oxygen atoms in total. The average molecular weight is 805 g/mol. The number of Topliss-reactive ketones (excluding diaryl/α,β-unsaturated/α-hetero) is 1. The molecular weight excluding hydrogens is 745 g/mol. The second-order valence-electron chi connectivity index (χ2n) is 18.6. The number of fused-ring (bicyclic) bond motifs is 4. The average Bonchev–Trinajstić information content (AvgIpc) is 3.67. The molecule has 10 rings (SSSR count). The van der Waals surface area contributed by atoms with E-state index in [4.69, 9.17) is 9.47 Å². The number of hydrogen-bond acceptors (Lipinski definition) is 7. The molecule has 4 saturated heterocycles. The normalized spacial score (nSPS) is 26.2. The second kappa shape index (κ2) is 16.5. The standard InChI is InChI=1S/C52H60N4O4/c1-3-37-27-47-49(29-46(37)48(57)28-41-14-13-35(2)53-51(41)58)59-34-43-32-54(25-26-56(43)47)31-36-30-52(60-33-36)21-23-55(24-22-52)42-18-15-40(16-19-42)50-44-12-8-7-11-39(44)17-20-45(50)38-9-5-4-6-10-38/h4-12,15-16,18-19,27,29,36,41,43,45,50H,2-3,13-14,17,20-26,28,30-34H2,1H3,(H,53,58)/t36-,41-,43-,45?,50-/m1/s1. The van der Waals surface area contributed by atoms with E-state index in [0.717, 1.165) is 107 Å². The number of nitrogens with zero attached hydrogens (tertiary/aromatic N) is 3. The summed E-state index contributed by atoms with van der Waals surface area (Å²) in [5, 5.41) is 2.83. The van der Waals surface area contributed by atoms with Crippen molar-refractivity contribution in [2.45, 2.75) is 88.2 Å². The summed E-state index contributed by atoms with van der Waals surface area (Å²) >= 11 is 0. The maximum Gasteiger partial charge on any atom is 0.227 e. The molecule has 8 heteroatoms. The van der Waals surface area contributed by atoms with Crippen LogP contribution in [0.2, 0.25) is 0 Å². The molecule has 1 spiro atoms. The Bertz CT molecular complexity index is 2230. The molecule has 5 aliphatic heterocycles. The number of nitrogens with one attached hydrogen (secondary N) is 1. The Hall–Kier alpha value is -4.92. The Balaban J connectivity index is 0.735. The van der Waals surface area contributed by atoms with Crippen LogP contribution in [0.25, 0.3) is 0 Å². The van der Waals surface area contributed by atoms with E-state index in [-0.39, 0.29) is 35.7 Å². The Morgan fingerprint density at radius 1 is 0.883 bits per heavy atom. The first kappa shape index (κ1) is 39.2. The van der Waals surface area contributed by atoms with Crippen LogP contribution < -0.4 is 19.9 Å². The van der Waals surface area contributed by atoms with Gasteiger partial charge in [0.15, 0.2) is 5.78 Å². The van der Waals surface area contributed by atoms with Gasteiger partial charge in [0.1, 0.15) is 12.4 Å². The number of allylic oxidation sites excluding steroid dienone is 1. The van der Waals surface area contributed by atoms with Crippen LogP contribution >= 0.6 is 0 Å². The molecule has 0 aromatic heterocycles. The van der Waals surface area contributed by atoms with Crippen molar-refractivity contribution < 1.29 is 19.1 Å². The van der Waals surface area contributed by atoms with Gasteiger partial charge in [0.2, 0.25) is 5.91 Å². The molecule has 1 amide bonds. The van der Waals surface area contributed by atoms with Crippen LogP contribution in [-0.4, -0.2) is 80.7 Å². The van der Waals surface area contributed by atoms with Gasteiger partial charge < -0.3 is 24.6 Å². The van der Waals surface area contributed by atoms with E-state index in [0.29, 0.717) is 36.3 Å². The first-order valence-electron chi connectivity index (χ1n) is 22.8. The molecule has 60 heavy (non-hydrogen) atoms. The Kier molecular flexibility index (Phi) is 10.8. The lowest BCUT2D eigenvalue weighted by Crippen LogP contribution is -2.58. The topological polar surface area (TPSA) is 74.3 Å². The number of amides is 1. The van der Waals surface area contributed by atoms with Crippen LogP contribution in [0.3, 0.4) is 0 Å². The zero-order chi connectivity index (χ0) is 40.8. The third-order valence-electron chi connectivity index (χ3n) is 14.9. The molecule has 0 saturated carbocycles. The molecule has 4 aromatic carbocycles. The Morgan fingerprint density at radius 3 is 2.48 bits per heavy atom. The summed E-state index contributed by atoms with van der Waals surface area (Å²) in [5.74, 6) is 1.81. The number of benzene rings is 4. The van der Waals surface area contributed by atoms with Crippen LogP contribution in [0.4, 0.5) is 11.4 Å². The number of piperazine rings is 1. The van der Waals surface area contributed by atoms with E-state index in [2.05, 4.69) is 118 Å². The molecule has 4 aromatic rings. The Labute approximate surface area is 355 Å². The van der Waals surface area contributed by atoms with E-state index in [1.54, 1.807) is 0 Å². The van der Waals surface area contributed by atoms with Gasteiger partial charge in [-0.3, -0.25) is 14.5 Å². The van der Waals surface area contributed by atoms with Crippen LogP contribution in [0.15, 0.2) is 103 Å². The fourth-order valence-corrected chi connectivity index (χ4v) is 11.6. The van der Waals surface area contributed by atoms with Crippen molar-refractivity contribution in [1.82, 2.24) is 10.2 Å². The predicted octanol–water partition coefficient (Wildman–Crippen LogP) is 8.68. The molecule has 4 fully saturated rings. The number of piperidine rings is 2. The summed E-state index contributed by atoms with van der Waals surface area (Å²) < 4.78 is 13.1. The fourth-order valence-electron chi connectivity index (χ4n) is 11.6. The number of carbonyl (C=O) groups is 2. The third kappa shape index (κ3) is 7.66. The van der Waals surface area contributed by atoms with Crippen molar-refractivity contribution in [2.75, 3.05) is 62.3 Å². The lowest BCUT2D eigenvalue weighted by molar-refractivity contribution is -0.125. The van der Waals surface area contributed by atoms with Gasteiger partial charge in [-0.25, -0.2) is 0 Å². The number of hydrogen-bond donors (Lipinski definition) is 1. The van der Waals surface area contributed by atoms with Crippen LogP contribution in [-0.2, 0) is 22.4 Å². The summed E-state index contributed by atoms with van der Waals surface area (Å²) in [7, 11) is 0. The molecule has 0 bridgehead atoms. The summed E-state index contributed by atoms with van der Waals surface area (Å²) in [6.07, 6.45) is 7.97. The molecule has 6 aliphatic rings. The molecule has 1 unspecified atom stereocenters. The number of rotatable bonds is 9. The SMILES string of the molecule is C=C1CC[C@H](CC(=O)c2cc3c(cc2CC)N2CCN(C[C@@H]4COC5(CCN(c6ccc([C@@H]7c8ccccc8CCC7c7ccccc7)cc6)CC5)C4)C[C@@H]2CO3)C(=O)N1. The largest absolute Gasteiger partial charge is 0.489 e. The van der Waals surface area contributed by atoms with Crippen LogP contribution in [0, 0.1) is 11.8 Å². The number of ketones is 1. The van der Waals surface area contributed by atoms with E-state index in [1.165, 1.54) is 34.4 Å². The minimum Gasteiger partial charge on any atom is -0.489 e. The maximum absolute atomic E-state index is 13.5. The monoisotopic (exact) mass is 804 g/mol. The number of anilines is 2. The van der Waals surface area contributed by atoms with Gasteiger partial charge in [0.25, 0.3) is 0 Å². The van der Waals surface area contributed by atoms with Crippen molar-refractivity contribution in [1.29, 1.82) is 0 Å². The van der Waals surface area contributed by atoms with E-state index in [1.807, 2.05) is 6.07 Å². The zero-order valence-corrected chi connectivity index (χ0v) is 35.2. The van der Waals surface area contributed by atoms with Gasteiger partial charge in [-0.1, -0.05) is 80.2 Å². The lowest BCUT2D eigenvalue weighted by Gasteiger charge is -2.46. The minimum absolute atomic E-state index is 0.00833. The highest BCUT2D eigenvalue weighted by molar-refractivity contribution is 6.01. The molecule has 1 aliphatic carbocycles. The first-order chi connectivity index (χ1) is 29.3. The highest BCUT2D eigenvalue weighted by Crippen LogP contribution is 2.47. The summed E-state index contributed by atoms with van der Waals surface area (Å²) in [6, 6.07) is 34.2. The van der Waals surface area contributed by atoms with Gasteiger partial charge in [-0.15, -0.1) is 0 Å².